The van der Waals surface area contributed by atoms with Crippen LogP contribution in [0, 0.1) is 5.82 Å². The van der Waals surface area contributed by atoms with Gasteiger partial charge in [0.1, 0.15) is 12.4 Å². The molecule has 3 nitrogen and oxygen atoms in total. The molecule has 0 aliphatic rings. The summed E-state index contributed by atoms with van der Waals surface area (Å²) >= 11 is 3.16. The van der Waals surface area contributed by atoms with Crippen molar-refractivity contribution in [2.75, 3.05) is 5.73 Å². The molecular weight excluding hydrogens is 313 g/mol. The van der Waals surface area contributed by atoms with E-state index in [1.54, 1.807) is 36.4 Å². The van der Waals surface area contributed by atoms with Gasteiger partial charge in [-0.15, -0.1) is 0 Å². The number of nitrogens with two attached hydrogens (primary N) is 1. The molecule has 98 valence electrons. The Labute approximate surface area is 118 Å². The van der Waals surface area contributed by atoms with Gasteiger partial charge < -0.3 is 10.5 Å². The fourth-order valence-corrected chi connectivity index (χ4v) is 1.88. The van der Waals surface area contributed by atoms with Crippen molar-refractivity contribution in [2.45, 2.75) is 6.61 Å². The number of ether oxygens (including phenoxy) is 1. The Morgan fingerprint density at radius 2 is 2.00 bits per heavy atom. The van der Waals surface area contributed by atoms with Gasteiger partial charge >= 0.3 is 5.97 Å². The lowest BCUT2D eigenvalue weighted by atomic mass is 10.2. The summed E-state index contributed by atoms with van der Waals surface area (Å²) < 4.78 is 19.2. The van der Waals surface area contributed by atoms with E-state index in [-0.39, 0.29) is 12.2 Å². The Hall–Kier alpha value is -1.88. The topological polar surface area (TPSA) is 52.3 Å². The van der Waals surface area contributed by atoms with Gasteiger partial charge in [0.25, 0.3) is 0 Å². The second-order valence-corrected chi connectivity index (χ2v) is 4.81. The van der Waals surface area contributed by atoms with Crippen molar-refractivity contribution in [3.05, 3.63) is 63.9 Å². The van der Waals surface area contributed by atoms with E-state index in [1.165, 1.54) is 6.07 Å². The van der Waals surface area contributed by atoms with Gasteiger partial charge in [-0.25, -0.2) is 9.18 Å². The number of esters is 1. The van der Waals surface area contributed by atoms with Crippen LogP contribution in [0.3, 0.4) is 0 Å². The first-order valence-corrected chi connectivity index (χ1v) is 6.33. The average molecular weight is 324 g/mol. The minimum Gasteiger partial charge on any atom is -0.457 e. The maximum absolute atomic E-state index is 13.5. The second-order valence-electron chi connectivity index (χ2n) is 3.90. The van der Waals surface area contributed by atoms with Crippen LogP contribution in [0.2, 0.25) is 0 Å². The van der Waals surface area contributed by atoms with Gasteiger partial charge in [-0.3, -0.25) is 0 Å². The van der Waals surface area contributed by atoms with Gasteiger partial charge in [0.2, 0.25) is 0 Å². The van der Waals surface area contributed by atoms with E-state index in [2.05, 4.69) is 15.9 Å². The van der Waals surface area contributed by atoms with E-state index >= 15 is 0 Å². The number of hydrogen-bond donors (Lipinski definition) is 1. The highest BCUT2D eigenvalue weighted by Crippen LogP contribution is 2.17. The number of anilines is 1. The molecular formula is C14H11BrFNO2. The molecule has 5 heteroatoms. The van der Waals surface area contributed by atoms with Crippen molar-refractivity contribution < 1.29 is 13.9 Å². The largest absolute Gasteiger partial charge is 0.457 e. The Bertz CT molecular complexity index is 616. The quantitative estimate of drug-likeness (QED) is 0.694. The lowest BCUT2D eigenvalue weighted by molar-refractivity contribution is 0.0470. The van der Waals surface area contributed by atoms with Crippen molar-refractivity contribution >= 4 is 27.6 Å². The highest BCUT2D eigenvalue weighted by molar-refractivity contribution is 9.10. The molecule has 0 radical (unpaired) electrons. The van der Waals surface area contributed by atoms with Crippen LogP contribution in [0.15, 0.2) is 46.9 Å². The van der Waals surface area contributed by atoms with Crippen molar-refractivity contribution in [1.29, 1.82) is 0 Å². The normalized spacial score (nSPS) is 10.2. The Balaban J connectivity index is 2.07. The maximum atomic E-state index is 13.5. The molecule has 0 bridgehead atoms. The molecule has 0 amide bonds. The minimum absolute atomic E-state index is 0.133. The number of hydrogen-bond acceptors (Lipinski definition) is 3. The van der Waals surface area contributed by atoms with Crippen LogP contribution >= 0.6 is 15.9 Å². The average Bonchev–Trinajstić information content (AvgIpc) is 2.38. The first kappa shape index (κ1) is 13.5. The zero-order chi connectivity index (χ0) is 13.8. The van der Waals surface area contributed by atoms with E-state index in [0.717, 1.165) is 0 Å². The summed E-state index contributed by atoms with van der Waals surface area (Å²) in [6.45, 7) is -0.133. The van der Waals surface area contributed by atoms with Crippen molar-refractivity contribution in [2.24, 2.45) is 0 Å². The summed E-state index contributed by atoms with van der Waals surface area (Å²) in [5.41, 5.74) is 6.58. The first-order chi connectivity index (χ1) is 9.08. The van der Waals surface area contributed by atoms with Crippen molar-refractivity contribution in [3.8, 4) is 0 Å². The molecule has 2 N–H and O–H groups in total. The van der Waals surface area contributed by atoms with Crippen LogP contribution < -0.4 is 5.73 Å². The van der Waals surface area contributed by atoms with Crippen LogP contribution in [0.1, 0.15) is 15.9 Å². The van der Waals surface area contributed by atoms with Gasteiger partial charge in [0.15, 0.2) is 0 Å². The number of benzene rings is 2. The summed E-state index contributed by atoms with van der Waals surface area (Å²) in [5.74, 6) is -0.997. The second kappa shape index (κ2) is 5.84. The number of halogens is 2. The fraction of sp³-hybridized carbons (Fsp3) is 0.0714. The van der Waals surface area contributed by atoms with Crippen molar-refractivity contribution in [3.63, 3.8) is 0 Å². The van der Waals surface area contributed by atoms with Gasteiger partial charge in [0, 0.05) is 15.7 Å². The molecule has 0 spiro atoms. The third kappa shape index (κ3) is 3.32. The molecule has 0 aromatic heterocycles. The lowest BCUT2D eigenvalue weighted by Gasteiger charge is -2.07. The van der Waals surface area contributed by atoms with E-state index in [9.17, 15) is 9.18 Å². The summed E-state index contributed by atoms with van der Waals surface area (Å²) in [5, 5.41) is 0. The third-order valence-electron chi connectivity index (χ3n) is 2.55. The SMILES string of the molecule is Nc1ccccc1C(=O)OCc1ccc(Br)cc1F. The minimum atomic E-state index is -0.569. The molecule has 0 heterocycles. The predicted octanol–water partition coefficient (Wildman–Crippen LogP) is 3.53. The summed E-state index contributed by atoms with van der Waals surface area (Å²) in [6, 6.07) is 11.1. The number of para-hydroxylation sites is 1. The highest BCUT2D eigenvalue weighted by Gasteiger charge is 2.12. The van der Waals surface area contributed by atoms with Gasteiger partial charge in [0.05, 0.1) is 5.56 Å². The number of carbonyl (C=O) groups is 1. The molecule has 2 rings (SSSR count). The predicted molar refractivity (Wildman–Crippen MR) is 74.1 cm³/mol. The van der Waals surface area contributed by atoms with Crippen molar-refractivity contribution in [1.82, 2.24) is 0 Å². The molecule has 2 aromatic carbocycles. The molecule has 0 fully saturated rings. The zero-order valence-corrected chi connectivity index (χ0v) is 11.5. The molecule has 2 aromatic rings. The first-order valence-electron chi connectivity index (χ1n) is 5.53. The number of nitrogen functional groups attached to an aromatic ring is 1. The maximum Gasteiger partial charge on any atom is 0.340 e. The fourth-order valence-electron chi connectivity index (χ4n) is 1.54. The van der Waals surface area contributed by atoms with E-state index in [1.807, 2.05) is 0 Å². The van der Waals surface area contributed by atoms with Crippen LogP contribution in [0.4, 0.5) is 10.1 Å². The Kier molecular flexibility index (Phi) is 4.16. The third-order valence-corrected chi connectivity index (χ3v) is 3.05. The Morgan fingerprint density at radius 1 is 1.26 bits per heavy atom. The van der Waals surface area contributed by atoms with Crippen LogP contribution in [-0.2, 0) is 11.3 Å². The zero-order valence-electron chi connectivity index (χ0n) is 9.90. The van der Waals surface area contributed by atoms with Gasteiger partial charge in [-0.1, -0.05) is 34.1 Å². The van der Waals surface area contributed by atoms with E-state index < -0.39 is 11.8 Å². The summed E-state index contributed by atoms with van der Waals surface area (Å²) in [7, 11) is 0. The molecule has 0 unspecified atom stereocenters. The molecule has 0 saturated heterocycles. The smallest absolute Gasteiger partial charge is 0.340 e. The number of rotatable bonds is 3. The van der Waals surface area contributed by atoms with E-state index in [0.29, 0.717) is 15.7 Å². The van der Waals surface area contributed by atoms with Crippen LogP contribution in [-0.4, -0.2) is 5.97 Å². The van der Waals surface area contributed by atoms with Crippen LogP contribution in [0.5, 0.6) is 0 Å². The monoisotopic (exact) mass is 323 g/mol. The molecule has 0 aliphatic carbocycles. The summed E-state index contributed by atoms with van der Waals surface area (Å²) in [6.07, 6.45) is 0. The van der Waals surface area contributed by atoms with Gasteiger partial charge in [-0.2, -0.15) is 0 Å². The molecule has 0 atom stereocenters. The van der Waals surface area contributed by atoms with Gasteiger partial charge in [-0.05, 0) is 24.3 Å². The standard InChI is InChI=1S/C14H11BrFNO2/c15-10-6-5-9(12(16)7-10)8-19-14(18)11-3-1-2-4-13(11)17/h1-7H,8,17H2. The lowest BCUT2D eigenvalue weighted by Crippen LogP contribution is -2.08. The highest BCUT2D eigenvalue weighted by atomic mass is 79.9. The molecule has 0 aliphatic heterocycles. The summed E-state index contributed by atoms with van der Waals surface area (Å²) in [4.78, 5) is 11.8. The molecule has 0 saturated carbocycles. The van der Waals surface area contributed by atoms with E-state index in [4.69, 9.17) is 10.5 Å². The van der Waals surface area contributed by atoms with Crippen LogP contribution in [0.25, 0.3) is 0 Å². The Morgan fingerprint density at radius 3 is 2.68 bits per heavy atom. The molecule has 19 heavy (non-hydrogen) atoms. The number of carbonyl (C=O) groups excluding carboxylic acids is 1.